The summed E-state index contributed by atoms with van der Waals surface area (Å²) in [7, 11) is 0. The lowest BCUT2D eigenvalue weighted by atomic mass is 10.1. The normalized spacial score (nSPS) is 16.2. The number of tetrazole rings is 1. The van der Waals surface area contributed by atoms with Gasteiger partial charge in [0.2, 0.25) is 5.65 Å². The van der Waals surface area contributed by atoms with Gasteiger partial charge in [-0.25, -0.2) is 9.37 Å². The van der Waals surface area contributed by atoms with E-state index in [9.17, 15) is 17.6 Å². The Morgan fingerprint density at radius 3 is 2.58 bits per heavy atom. The number of nitrogens with zero attached hydrogens (tertiary/aromatic N) is 6. The molecule has 0 spiro atoms. The van der Waals surface area contributed by atoms with Crippen LogP contribution in [0.1, 0.15) is 5.56 Å². The predicted octanol–water partition coefficient (Wildman–Crippen LogP) is 1.24. The Balaban J connectivity index is 2.00. The average molecular weight is 341 g/mol. The van der Waals surface area contributed by atoms with E-state index in [1.165, 1.54) is 0 Å². The molecule has 7 nitrogen and oxygen atoms in total. The maximum Gasteiger partial charge on any atom is 0.419 e. The zero-order valence-electron chi connectivity index (χ0n) is 12.2. The van der Waals surface area contributed by atoms with Crippen LogP contribution in [0.2, 0.25) is 0 Å². The SMILES string of the molecule is Fc1c(C(F)(F)F)ccc2nc(N3CCNCC3)c3nnnn3c12. The maximum atomic E-state index is 14.4. The summed E-state index contributed by atoms with van der Waals surface area (Å²) in [6, 6.07) is 1.82. The van der Waals surface area contributed by atoms with Crippen molar-refractivity contribution < 1.29 is 17.6 Å². The van der Waals surface area contributed by atoms with Gasteiger partial charge in [0.25, 0.3) is 0 Å². The second kappa shape index (κ2) is 5.23. The first kappa shape index (κ1) is 15.0. The molecule has 3 heterocycles. The molecule has 0 bridgehead atoms. The van der Waals surface area contributed by atoms with Gasteiger partial charge < -0.3 is 10.2 Å². The fourth-order valence-electron chi connectivity index (χ4n) is 2.80. The molecule has 2 aromatic heterocycles. The van der Waals surface area contributed by atoms with E-state index in [2.05, 4.69) is 25.8 Å². The summed E-state index contributed by atoms with van der Waals surface area (Å²) in [4.78, 5) is 6.22. The van der Waals surface area contributed by atoms with Gasteiger partial charge in [-0.2, -0.15) is 17.7 Å². The first-order valence-electron chi connectivity index (χ1n) is 7.20. The van der Waals surface area contributed by atoms with Crippen molar-refractivity contribution in [1.82, 2.24) is 30.3 Å². The molecule has 1 fully saturated rings. The number of rotatable bonds is 1. The molecule has 1 saturated heterocycles. The van der Waals surface area contributed by atoms with Gasteiger partial charge in [-0.3, -0.25) is 0 Å². The van der Waals surface area contributed by atoms with Crippen LogP contribution in [-0.2, 0) is 6.18 Å². The average Bonchev–Trinajstić information content (AvgIpc) is 3.03. The molecule has 0 saturated carbocycles. The van der Waals surface area contributed by atoms with Crippen molar-refractivity contribution in [2.45, 2.75) is 6.18 Å². The van der Waals surface area contributed by atoms with E-state index in [4.69, 9.17) is 0 Å². The van der Waals surface area contributed by atoms with Crippen molar-refractivity contribution in [2.75, 3.05) is 31.1 Å². The van der Waals surface area contributed by atoms with Gasteiger partial charge in [0.15, 0.2) is 11.6 Å². The van der Waals surface area contributed by atoms with Crippen LogP contribution in [0.4, 0.5) is 23.4 Å². The molecule has 0 radical (unpaired) electrons. The molecule has 1 N–H and O–H groups in total. The minimum atomic E-state index is -4.81. The van der Waals surface area contributed by atoms with Crippen LogP contribution in [0.3, 0.4) is 0 Å². The summed E-state index contributed by atoms with van der Waals surface area (Å²) >= 11 is 0. The minimum absolute atomic E-state index is 0.0637. The first-order chi connectivity index (χ1) is 11.5. The monoisotopic (exact) mass is 341 g/mol. The molecule has 126 valence electrons. The maximum absolute atomic E-state index is 14.4. The summed E-state index contributed by atoms with van der Waals surface area (Å²) in [6.07, 6.45) is -4.81. The number of aromatic nitrogens is 5. The number of benzene rings is 1. The van der Waals surface area contributed by atoms with Crippen LogP contribution < -0.4 is 10.2 Å². The highest BCUT2D eigenvalue weighted by Crippen LogP contribution is 2.35. The third-order valence-corrected chi connectivity index (χ3v) is 3.92. The van der Waals surface area contributed by atoms with Crippen LogP contribution >= 0.6 is 0 Å². The van der Waals surface area contributed by atoms with Crippen molar-refractivity contribution in [3.05, 3.63) is 23.5 Å². The number of alkyl halides is 3. The zero-order chi connectivity index (χ0) is 16.9. The highest BCUT2D eigenvalue weighted by atomic mass is 19.4. The summed E-state index contributed by atoms with van der Waals surface area (Å²) in [6.45, 7) is 2.75. The number of anilines is 1. The Kier molecular flexibility index (Phi) is 3.27. The summed E-state index contributed by atoms with van der Waals surface area (Å²) < 4.78 is 54.2. The Hall–Kier alpha value is -2.56. The molecule has 24 heavy (non-hydrogen) atoms. The van der Waals surface area contributed by atoms with E-state index in [-0.39, 0.29) is 16.7 Å². The minimum Gasteiger partial charge on any atom is -0.351 e. The summed E-state index contributed by atoms with van der Waals surface area (Å²) in [5.41, 5.74) is -1.57. The quantitative estimate of drug-likeness (QED) is 0.672. The molecule has 3 aromatic rings. The molecule has 0 aliphatic carbocycles. The molecular weight excluding hydrogens is 330 g/mol. The number of halogens is 4. The van der Waals surface area contributed by atoms with Gasteiger partial charge in [0.05, 0.1) is 11.1 Å². The van der Waals surface area contributed by atoms with Crippen molar-refractivity contribution in [2.24, 2.45) is 0 Å². The Bertz CT molecular complexity index is 914. The second-order valence-electron chi connectivity index (χ2n) is 5.38. The molecule has 1 aliphatic rings. The Morgan fingerprint density at radius 1 is 1.12 bits per heavy atom. The van der Waals surface area contributed by atoms with E-state index < -0.39 is 17.6 Å². The third kappa shape index (κ3) is 2.23. The van der Waals surface area contributed by atoms with Crippen LogP contribution in [0, 0.1) is 5.82 Å². The van der Waals surface area contributed by atoms with Crippen molar-refractivity contribution >= 4 is 22.5 Å². The van der Waals surface area contributed by atoms with Crippen LogP contribution in [0.25, 0.3) is 16.7 Å². The number of piperazine rings is 1. The lowest BCUT2D eigenvalue weighted by molar-refractivity contribution is -0.139. The number of fused-ring (bicyclic) bond motifs is 3. The van der Waals surface area contributed by atoms with E-state index in [1.807, 2.05) is 4.90 Å². The van der Waals surface area contributed by atoms with Gasteiger partial charge in [-0.05, 0) is 22.6 Å². The highest BCUT2D eigenvalue weighted by molar-refractivity contribution is 5.83. The Labute approximate surface area is 132 Å². The molecule has 4 rings (SSSR count). The highest BCUT2D eigenvalue weighted by Gasteiger charge is 2.36. The lowest BCUT2D eigenvalue weighted by Crippen LogP contribution is -2.44. The lowest BCUT2D eigenvalue weighted by Gasteiger charge is -2.28. The molecular formula is C13H11F4N7. The number of hydrogen-bond acceptors (Lipinski definition) is 6. The van der Waals surface area contributed by atoms with Gasteiger partial charge in [-0.1, -0.05) is 0 Å². The molecule has 11 heteroatoms. The summed E-state index contributed by atoms with van der Waals surface area (Å²) in [5.74, 6) is -1.01. The van der Waals surface area contributed by atoms with E-state index >= 15 is 0 Å². The number of nitrogens with one attached hydrogen (secondary N) is 1. The van der Waals surface area contributed by atoms with E-state index in [0.29, 0.717) is 25.0 Å². The Morgan fingerprint density at radius 2 is 1.88 bits per heavy atom. The fraction of sp³-hybridized carbons (Fsp3) is 0.385. The van der Waals surface area contributed by atoms with E-state index in [0.717, 1.165) is 23.7 Å². The van der Waals surface area contributed by atoms with Gasteiger partial charge in [0, 0.05) is 26.2 Å². The molecule has 0 unspecified atom stereocenters. The fourth-order valence-corrected chi connectivity index (χ4v) is 2.80. The molecule has 1 aromatic carbocycles. The summed E-state index contributed by atoms with van der Waals surface area (Å²) in [5, 5.41) is 14.1. The first-order valence-corrected chi connectivity index (χ1v) is 7.20. The zero-order valence-corrected chi connectivity index (χ0v) is 12.2. The number of hydrogen-bond donors (Lipinski definition) is 1. The standard InChI is InChI=1S/C13H11F4N7/c14-9-7(13(15,16)17)1-2-8-10(9)24-12(20-21-22-24)11(19-8)23-5-3-18-4-6-23/h1-2,18H,3-6H2. The van der Waals surface area contributed by atoms with Gasteiger partial charge >= 0.3 is 6.18 Å². The smallest absolute Gasteiger partial charge is 0.351 e. The topological polar surface area (TPSA) is 71.2 Å². The molecule has 0 atom stereocenters. The van der Waals surface area contributed by atoms with Gasteiger partial charge in [-0.15, -0.1) is 5.10 Å². The van der Waals surface area contributed by atoms with E-state index in [1.54, 1.807) is 0 Å². The largest absolute Gasteiger partial charge is 0.419 e. The second-order valence-corrected chi connectivity index (χ2v) is 5.38. The van der Waals surface area contributed by atoms with Crippen molar-refractivity contribution in [3.8, 4) is 0 Å². The predicted molar refractivity (Wildman–Crippen MR) is 76.1 cm³/mol. The molecule has 1 aliphatic heterocycles. The van der Waals surface area contributed by atoms with Crippen molar-refractivity contribution in [3.63, 3.8) is 0 Å². The third-order valence-electron chi connectivity index (χ3n) is 3.92. The van der Waals surface area contributed by atoms with Crippen LogP contribution in [-0.4, -0.2) is 51.2 Å². The molecule has 0 amide bonds. The van der Waals surface area contributed by atoms with Crippen molar-refractivity contribution in [1.29, 1.82) is 0 Å². The van der Waals surface area contributed by atoms with Gasteiger partial charge in [0.1, 0.15) is 5.52 Å². The van der Waals surface area contributed by atoms with Crippen LogP contribution in [0.5, 0.6) is 0 Å². The van der Waals surface area contributed by atoms with Crippen LogP contribution in [0.15, 0.2) is 12.1 Å².